The van der Waals surface area contributed by atoms with E-state index in [1.807, 2.05) is 0 Å². The van der Waals surface area contributed by atoms with E-state index in [0.29, 0.717) is 11.0 Å². The summed E-state index contributed by atoms with van der Waals surface area (Å²) >= 11 is 1.35. The van der Waals surface area contributed by atoms with Gasteiger partial charge < -0.3 is 5.32 Å². The van der Waals surface area contributed by atoms with Crippen molar-refractivity contribution in [3.63, 3.8) is 0 Å². The number of anilines is 1. The molecule has 1 heterocycles. The normalized spacial score (nSPS) is 15.6. The van der Waals surface area contributed by atoms with Crippen molar-refractivity contribution in [2.75, 3.05) is 5.32 Å². The molecule has 1 aliphatic rings. The fourth-order valence-electron chi connectivity index (χ4n) is 2.82. The third kappa shape index (κ3) is 3.90. The van der Waals surface area contributed by atoms with Gasteiger partial charge in [-0.25, -0.2) is 8.78 Å². The molecule has 1 fully saturated rings. The second-order valence-electron chi connectivity index (χ2n) is 5.71. The van der Waals surface area contributed by atoms with Crippen LogP contribution in [0.1, 0.15) is 48.6 Å². The summed E-state index contributed by atoms with van der Waals surface area (Å²) in [6.07, 6.45) is 5.48. The monoisotopic (exact) mass is 337 g/mol. The van der Waals surface area contributed by atoms with E-state index in [0.717, 1.165) is 30.0 Å². The molecule has 1 aliphatic carbocycles. The van der Waals surface area contributed by atoms with Gasteiger partial charge in [0.1, 0.15) is 16.6 Å². The van der Waals surface area contributed by atoms with Crippen molar-refractivity contribution >= 4 is 22.4 Å². The molecule has 1 amide bonds. The van der Waals surface area contributed by atoms with Gasteiger partial charge in [0, 0.05) is 11.5 Å². The molecule has 0 unspecified atom stereocenters. The molecule has 1 saturated carbocycles. The van der Waals surface area contributed by atoms with E-state index in [9.17, 15) is 13.6 Å². The molecule has 0 bridgehead atoms. The third-order valence-corrected chi connectivity index (χ3v) is 5.04. The van der Waals surface area contributed by atoms with E-state index in [-0.39, 0.29) is 12.0 Å². The molecule has 0 radical (unpaired) electrons. The molecule has 122 valence electrons. The maximum atomic E-state index is 13.6. The van der Waals surface area contributed by atoms with Crippen LogP contribution in [0, 0.1) is 11.6 Å². The summed E-state index contributed by atoms with van der Waals surface area (Å²) in [5, 5.41) is 12.0. The van der Waals surface area contributed by atoms with Gasteiger partial charge in [-0.15, -0.1) is 10.2 Å². The van der Waals surface area contributed by atoms with Crippen molar-refractivity contribution in [2.45, 2.75) is 44.4 Å². The highest BCUT2D eigenvalue weighted by Crippen LogP contribution is 2.35. The second-order valence-corrected chi connectivity index (χ2v) is 6.71. The number of rotatable bonds is 4. The lowest BCUT2D eigenvalue weighted by molar-refractivity contribution is -0.115. The van der Waals surface area contributed by atoms with Gasteiger partial charge in [0.15, 0.2) is 0 Å². The second kappa shape index (κ2) is 7.12. The maximum Gasteiger partial charge on any atom is 0.230 e. The maximum absolute atomic E-state index is 13.6. The highest BCUT2D eigenvalue weighted by atomic mass is 32.1. The Morgan fingerprint density at radius 2 is 1.87 bits per heavy atom. The van der Waals surface area contributed by atoms with Crippen molar-refractivity contribution in [3.8, 4) is 0 Å². The van der Waals surface area contributed by atoms with E-state index in [1.165, 1.54) is 36.7 Å². The highest BCUT2D eigenvalue weighted by Gasteiger charge is 2.20. The topological polar surface area (TPSA) is 54.9 Å². The minimum Gasteiger partial charge on any atom is -0.300 e. The summed E-state index contributed by atoms with van der Waals surface area (Å²) in [6, 6.07) is 3.54. The third-order valence-electron chi connectivity index (χ3n) is 4.04. The SMILES string of the molecule is O=C(Cc1c(F)cccc1F)Nc1nnc(C2CCCCC2)s1. The molecule has 7 heteroatoms. The standard InChI is InChI=1S/C16H17F2N3OS/c17-12-7-4-8-13(18)11(12)9-14(22)19-16-21-20-15(23-16)10-5-2-1-3-6-10/h4,7-8,10H,1-3,5-6,9H2,(H,19,21,22). The molecular weight excluding hydrogens is 320 g/mol. The number of carbonyl (C=O) groups excluding carboxylic acids is 1. The molecule has 23 heavy (non-hydrogen) atoms. The molecule has 0 aliphatic heterocycles. The molecule has 0 atom stereocenters. The number of halogens is 2. The summed E-state index contributed by atoms with van der Waals surface area (Å²) in [5.74, 6) is -1.53. The van der Waals surface area contributed by atoms with E-state index in [4.69, 9.17) is 0 Å². The van der Waals surface area contributed by atoms with Crippen LogP contribution in [0.3, 0.4) is 0 Å². The van der Waals surface area contributed by atoms with Gasteiger partial charge in [-0.05, 0) is 25.0 Å². The summed E-state index contributed by atoms with van der Waals surface area (Å²) in [6.45, 7) is 0. The van der Waals surface area contributed by atoms with Crippen molar-refractivity contribution < 1.29 is 13.6 Å². The van der Waals surface area contributed by atoms with Crippen LogP contribution in [0.2, 0.25) is 0 Å². The van der Waals surface area contributed by atoms with E-state index in [1.54, 1.807) is 0 Å². The first kappa shape index (κ1) is 16.0. The number of amides is 1. The van der Waals surface area contributed by atoms with E-state index in [2.05, 4.69) is 15.5 Å². The molecule has 2 aromatic rings. The number of hydrogen-bond acceptors (Lipinski definition) is 4. The fraction of sp³-hybridized carbons (Fsp3) is 0.438. The van der Waals surface area contributed by atoms with Gasteiger partial charge >= 0.3 is 0 Å². The Morgan fingerprint density at radius 3 is 2.57 bits per heavy atom. The first-order valence-corrected chi connectivity index (χ1v) is 8.51. The van der Waals surface area contributed by atoms with Crippen molar-refractivity contribution in [2.24, 2.45) is 0 Å². The number of hydrogen-bond donors (Lipinski definition) is 1. The Hall–Kier alpha value is -1.89. The average Bonchev–Trinajstić information content (AvgIpc) is 3.00. The van der Waals surface area contributed by atoms with Gasteiger partial charge in [-0.1, -0.05) is 36.7 Å². The van der Waals surface area contributed by atoms with Gasteiger partial charge in [-0.3, -0.25) is 4.79 Å². The van der Waals surface area contributed by atoms with Crippen LogP contribution >= 0.6 is 11.3 Å². The fourth-order valence-corrected chi connectivity index (χ4v) is 3.75. The zero-order valence-corrected chi connectivity index (χ0v) is 13.3. The summed E-state index contributed by atoms with van der Waals surface area (Å²) in [4.78, 5) is 12.0. The van der Waals surface area contributed by atoms with Crippen molar-refractivity contribution in [1.29, 1.82) is 0 Å². The summed E-state index contributed by atoms with van der Waals surface area (Å²) < 4.78 is 27.1. The summed E-state index contributed by atoms with van der Waals surface area (Å²) in [5.41, 5.74) is -0.234. The molecule has 1 aromatic carbocycles. The zero-order chi connectivity index (χ0) is 16.2. The van der Waals surface area contributed by atoms with Crippen LogP contribution in [0.4, 0.5) is 13.9 Å². The molecule has 1 N–H and O–H groups in total. The molecule has 0 spiro atoms. The lowest BCUT2D eigenvalue weighted by Crippen LogP contribution is -2.16. The molecule has 0 saturated heterocycles. The van der Waals surface area contributed by atoms with Crippen LogP contribution in [0.15, 0.2) is 18.2 Å². The Kier molecular flexibility index (Phi) is 4.95. The minimum absolute atomic E-state index is 0.234. The van der Waals surface area contributed by atoms with Crippen molar-refractivity contribution in [1.82, 2.24) is 10.2 Å². The Morgan fingerprint density at radius 1 is 1.17 bits per heavy atom. The first-order chi connectivity index (χ1) is 11.1. The smallest absolute Gasteiger partial charge is 0.230 e. The average molecular weight is 337 g/mol. The van der Waals surface area contributed by atoms with Gasteiger partial charge in [0.25, 0.3) is 0 Å². The Bertz CT molecular complexity index is 678. The Balaban J connectivity index is 1.63. The lowest BCUT2D eigenvalue weighted by Gasteiger charge is -2.18. The first-order valence-electron chi connectivity index (χ1n) is 7.69. The van der Waals surface area contributed by atoms with Crippen LogP contribution < -0.4 is 5.32 Å². The molecule has 3 rings (SSSR count). The van der Waals surface area contributed by atoms with Crippen LogP contribution in [0.25, 0.3) is 0 Å². The quantitative estimate of drug-likeness (QED) is 0.916. The van der Waals surface area contributed by atoms with Crippen molar-refractivity contribution in [3.05, 3.63) is 40.4 Å². The number of carbonyl (C=O) groups is 1. The van der Waals surface area contributed by atoms with Gasteiger partial charge in [-0.2, -0.15) is 0 Å². The van der Waals surface area contributed by atoms with E-state index < -0.39 is 17.5 Å². The molecular formula is C16H17F2N3OS. The van der Waals surface area contributed by atoms with Gasteiger partial charge in [0.2, 0.25) is 11.0 Å². The number of benzene rings is 1. The largest absolute Gasteiger partial charge is 0.300 e. The molecule has 1 aromatic heterocycles. The number of aromatic nitrogens is 2. The number of nitrogens with zero attached hydrogens (tertiary/aromatic N) is 2. The van der Waals surface area contributed by atoms with Crippen LogP contribution in [-0.4, -0.2) is 16.1 Å². The minimum atomic E-state index is -0.722. The van der Waals surface area contributed by atoms with Crippen LogP contribution in [0.5, 0.6) is 0 Å². The predicted molar refractivity (Wildman–Crippen MR) is 84.4 cm³/mol. The molecule has 4 nitrogen and oxygen atoms in total. The Labute approximate surface area is 136 Å². The van der Waals surface area contributed by atoms with E-state index >= 15 is 0 Å². The lowest BCUT2D eigenvalue weighted by atomic mass is 9.90. The number of nitrogens with one attached hydrogen (secondary N) is 1. The summed E-state index contributed by atoms with van der Waals surface area (Å²) in [7, 11) is 0. The predicted octanol–water partition coefficient (Wildman–Crippen LogP) is 4.05. The van der Waals surface area contributed by atoms with Crippen LogP contribution in [-0.2, 0) is 11.2 Å². The highest BCUT2D eigenvalue weighted by molar-refractivity contribution is 7.15. The van der Waals surface area contributed by atoms with Gasteiger partial charge in [0.05, 0.1) is 6.42 Å². The zero-order valence-electron chi connectivity index (χ0n) is 12.5.